The standard InChI is InChI=1S/C17H13BrF2N2O/c1-9-12(13-6-10(18)2-4-15(13)21-9)8-17(23)22-16-5-3-11(19)7-14(16)20/h2-7,21H,8H2,1H3,(H,22,23). The zero-order chi connectivity index (χ0) is 16.6. The predicted octanol–water partition coefficient (Wildman–Crippen LogP) is 4.70. The van der Waals surface area contributed by atoms with Crippen molar-refractivity contribution < 1.29 is 13.6 Å². The van der Waals surface area contributed by atoms with E-state index in [2.05, 4.69) is 26.2 Å². The van der Waals surface area contributed by atoms with Crippen LogP contribution in [0.5, 0.6) is 0 Å². The maximum atomic E-state index is 13.6. The summed E-state index contributed by atoms with van der Waals surface area (Å²) in [6.07, 6.45) is 0.0963. The topological polar surface area (TPSA) is 44.9 Å². The molecule has 23 heavy (non-hydrogen) atoms. The van der Waals surface area contributed by atoms with Crippen molar-refractivity contribution in [2.24, 2.45) is 0 Å². The number of nitrogens with one attached hydrogen (secondary N) is 2. The highest BCUT2D eigenvalue weighted by atomic mass is 79.9. The Morgan fingerprint density at radius 3 is 2.74 bits per heavy atom. The lowest BCUT2D eigenvalue weighted by molar-refractivity contribution is -0.115. The van der Waals surface area contributed by atoms with E-state index in [-0.39, 0.29) is 18.0 Å². The minimum Gasteiger partial charge on any atom is -0.358 e. The smallest absolute Gasteiger partial charge is 0.228 e. The Morgan fingerprint density at radius 1 is 1.22 bits per heavy atom. The van der Waals surface area contributed by atoms with E-state index in [0.717, 1.165) is 38.8 Å². The van der Waals surface area contributed by atoms with Crippen LogP contribution in [0.1, 0.15) is 11.3 Å². The van der Waals surface area contributed by atoms with Crippen LogP contribution >= 0.6 is 15.9 Å². The summed E-state index contributed by atoms with van der Waals surface area (Å²) >= 11 is 3.41. The van der Waals surface area contributed by atoms with E-state index in [9.17, 15) is 13.6 Å². The number of benzene rings is 2. The number of aryl methyl sites for hydroxylation is 1. The first kappa shape index (κ1) is 15.7. The lowest BCUT2D eigenvalue weighted by atomic mass is 10.1. The molecule has 1 aromatic heterocycles. The van der Waals surface area contributed by atoms with Crippen molar-refractivity contribution in [3.63, 3.8) is 0 Å². The Bertz CT molecular complexity index is 905. The maximum absolute atomic E-state index is 13.6. The van der Waals surface area contributed by atoms with Crippen molar-refractivity contribution in [1.29, 1.82) is 0 Å². The number of fused-ring (bicyclic) bond motifs is 1. The fourth-order valence-corrected chi connectivity index (χ4v) is 2.89. The summed E-state index contributed by atoms with van der Waals surface area (Å²) in [5, 5.41) is 3.41. The largest absolute Gasteiger partial charge is 0.358 e. The number of aromatic nitrogens is 1. The minimum atomic E-state index is -0.795. The van der Waals surface area contributed by atoms with Gasteiger partial charge in [0.25, 0.3) is 0 Å². The van der Waals surface area contributed by atoms with Gasteiger partial charge in [-0.15, -0.1) is 0 Å². The molecule has 2 N–H and O–H groups in total. The summed E-state index contributed by atoms with van der Waals surface area (Å²) < 4.78 is 27.4. The number of rotatable bonds is 3. The second-order valence-corrected chi connectivity index (χ2v) is 6.18. The van der Waals surface area contributed by atoms with Gasteiger partial charge in [-0.05, 0) is 42.8 Å². The van der Waals surface area contributed by atoms with Crippen LogP contribution in [0.2, 0.25) is 0 Å². The first-order valence-electron chi connectivity index (χ1n) is 6.95. The van der Waals surface area contributed by atoms with Gasteiger partial charge in [-0.25, -0.2) is 8.78 Å². The molecule has 0 fully saturated rings. The molecule has 1 amide bonds. The third-order valence-electron chi connectivity index (χ3n) is 3.62. The summed E-state index contributed by atoms with van der Waals surface area (Å²) in [6, 6.07) is 8.82. The van der Waals surface area contributed by atoms with Crippen molar-refractivity contribution in [3.05, 3.63) is 63.8 Å². The molecule has 3 rings (SSSR count). The van der Waals surface area contributed by atoms with Crippen LogP contribution in [0.3, 0.4) is 0 Å². The van der Waals surface area contributed by atoms with E-state index in [1.54, 1.807) is 0 Å². The molecule has 0 atom stereocenters. The van der Waals surface area contributed by atoms with Gasteiger partial charge in [0.05, 0.1) is 12.1 Å². The van der Waals surface area contributed by atoms with Crippen molar-refractivity contribution in [1.82, 2.24) is 4.98 Å². The van der Waals surface area contributed by atoms with E-state index in [1.165, 1.54) is 6.07 Å². The number of carbonyl (C=O) groups excluding carboxylic acids is 1. The van der Waals surface area contributed by atoms with Gasteiger partial charge in [0, 0.05) is 27.1 Å². The number of anilines is 1. The number of hydrogen-bond acceptors (Lipinski definition) is 1. The monoisotopic (exact) mass is 378 g/mol. The second-order valence-electron chi connectivity index (χ2n) is 5.27. The Hall–Kier alpha value is -2.21. The van der Waals surface area contributed by atoms with Crippen LogP contribution in [-0.4, -0.2) is 10.9 Å². The lowest BCUT2D eigenvalue weighted by Crippen LogP contribution is -2.15. The number of carbonyl (C=O) groups is 1. The summed E-state index contributed by atoms with van der Waals surface area (Å²) in [7, 11) is 0. The van der Waals surface area contributed by atoms with Crippen LogP contribution in [0.4, 0.5) is 14.5 Å². The summed E-state index contributed by atoms with van der Waals surface area (Å²) in [5.41, 5.74) is 2.63. The highest BCUT2D eigenvalue weighted by Gasteiger charge is 2.14. The van der Waals surface area contributed by atoms with E-state index >= 15 is 0 Å². The van der Waals surface area contributed by atoms with Crippen molar-refractivity contribution >= 4 is 38.4 Å². The zero-order valence-electron chi connectivity index (χ0n) is 12.2. The molecule has 3 aromatic rings. The van der Waals surface area contributed by atoms with Gasteiger partial charge < -0.3 is 10.3 Å². The highest BCUT2D eigenvalue weighted by molar-refractivity contribution is 9.10. The van der Waals surface area contributed by atoms with Crippen LogP contribution in [0.15, 0.2) is 40.9 Å². The predicted molar refractivity (Wildman–Crippen MR) is 89.4 cm³/mol. The first-order valence-corrected chi connectivity index (χ1v) is 7.75. The SMILES string of the molecule is Cc1[nH]c2ccc(Br)cc2c1CC(=O)Nc1ccc(F)cc1F. The summed E-state index contributed by atoms with van der Waals surface area (Å²) in [4.78, 5) is 15.4. The van der Waals surface area contributed by atoms with Crippen LogP contribution in [-0.2, 0) is 11.2 Å². The van der Waals surface area contributed by atoms with Crippen LogP contribution < -0.4 is 5.32 Å². The summed E-state index contributed by atoms with van der Waals surface area (Å²) in [5.74, 6) is -1.84. The van der Waals surface area contributed by atoms with Crippen LogP contribution in [0, 0.1) is 18.6 Å². The molecule has 6 heteroatoms. The van der Waals surface area contributed by atoms with Gasteiger partial charge in [0.1, 0.15) is 11.6 Å². The van der Waals surface area contributed by atoms with Crippen molar-refractivity contribution in [3.8, 4) is 0 Å². The van der Waals surface area contributed by atoms with Gasteiger partial charge >= 0.3 is 0 Å². The van der Waals surface area contributed by atoms with Gasteiger partial charge in [-0.2, -0.15) is 0 Å². The molecule has 2 aromatic carbocycles. The van der Waals surface area contributed by atoms with E-state index in [4.69, 9.17) is 0 Å². The average Bonchev–Trinajstić information content (AvgIpc) is 2.78. The lowest BCUT2D eigenvalue weighted by Gasteiger charge is -2.07. The molecule has 0 saturated carbocycles. The van der Waals surface area contributed by atoms with Gasteiger partial charge in [0.2, 0.25) is 5.91 Å². The third kappa shape index (κ3) is 3.27. The number of amides is 1. The summed E-state index contributed by atoms with van der Waals surface area (Å²) in [6.45, 7) is 1.88. The quantitative estimate of drug-likeness (QED) is 0.681. The second kappa shape index (κ2) is 6.12. The number of H-pyrrole nitrogens is 1. The van der Waals surface area contributed by atoms with Gasteiger partial charge in [0.15, 0.2) is 0 Å². The molecule has 0 spiro atoms. The molecule has 0 aliphatic carbocycles. The van der Waals surface area contributed by atoms with Gasteiger partial charge in [-0.3, -0.25) is 4.79 Å². The molecule has 0 aliphatic heterocycles. The Kier molecular flexibility index (Phi) is 4.17. The van der Waals surface area contributed by atoms with Crippen molar-refractivity contribution in [2.75, 3.05) is 5.32 Å². The van der Waals surface area contributed by atoms with E-state index < -0.39 is 11.6 Å². The maximum Gasteiger partial charge on any atom is 0.228 e. The molecule has 0 aliphatic rings. The molecule has 0 bridgehead atoms. The fraction of sp³-hybridized carbons (Fsp3) is 0.118. The molecule has 1 heterocycles. The molecule has 0 saturated heterocycles. The molecule has 3 nitrogen and oxygen atoms in total. The minimum absolute atomic E-state index is 0.0323. The van der Waals surface area contributed by atoms with E-state index in [1.807, 2.05) is 25.1 Å². The number of aromatic amines is 1. The Labute approximate surface area is 139 Å². The molecule has 0 radical (unpaired) electrons. The number of halogens is 3. The normalized spacial score (nSPS) is 11.0. The van der Waals surface area contributed by atoms with Crippen LogP contribution in [0.25, 0.3) is 10.9 Å². The molecule has 0 unspecified atom stereocenters. The third-order valence-corrected chi connectivity index (χ3v) is 4.12. The van der Waals surface area contributed by atoms with E-state index in [0.29, 0.717) is 0 Å². The Morgan fingerprint density at radius 2 is 2.00 bits per heavy atom. The first-order chi connectivity index (χ1) is 10.9. The van der Waals surface area contributed by atoms with Crippen molar-refractivity contribution in [2.45, 2.75) is 13.3 Å². The fourth-order valence-electron chi connectivity index (χ4n) is 2.53. The molecular formula is C17H13BrF2N2O. The molecule has 118 valence electrons. The zero-order valence-corrected chi connectivity index (χ0v) is 13.8. The Balaban J connectivity index is 1.85. The average molecular weight is 379 g/mol. The van der Waals surface area contributed by atoms with Gasteiger partial charge in [-0.1, -0.05) is 15.9 Å². The number of hydrogen-bond donors (Lipinski definition) is 2. The highest BCUT2D eigenvalue weighted by Crippen LogP contribution is 2.26. The molecular weight excluding hydrogens is 366 g/mol.